The molecule has 0 aromatic heterocycles. The number of halogens is 1. The molecule has 0 aliphatic carbocycles. The maximum atomic E-state index is 13.1. The predicted molar refractivity (Wildman–Crippen MR) is 125 cm³/mol. The summed E-state index contributed by atoms with van der Waals surface area (Å²) < 4.78 is 6.75. The van der Waals surface area contributed by atoms with Crippen molar-refractivity contribution in [3.8, 4) is 5.75 Å². The van der Waals surface area contributed by atoms with Gasteiger partial charge in [-0.3, -0.25) is 14.9 Å². The van der Waals surface area contributed by atoms with Gasteiger partial charge in [0.25, 0.3) is 11.8 Å². The highest BCUT2D eigenvalue weighted by Gasteiger charge is 2.36. The van der Waals surface area contributed by atoms with Crippen LogP contribution in [0, 0.1) is 6.92 Å². The van der Waals surface area contributed by atoms with Gasteiger partial charge in [0.05, 0.1) is 5.69 Å². The molecule has 0 radical (unpaired) electrons. The van der Waals surface area contributed by atoms with E-state index in [1.807, 2.05) is 37.3 Å². The Kier molecular flexibility index (Phi) is 6.18. The average molecular weight is 491 g/mol. The lowest BCUT2D eigenvalue weighted by molar-refractivity contribution is -0.122. The van der Waals surface area contributed by atoms with Gasteiger partial charge in [0.2, 0.25) is 0 Å². The molecule has 3 aromatic carbocycles. The predicted octanol–water partition coefficient (Wildman–Crippen LogP) is 5.00. The molecule has 7 heteroatoms. The molecule has 1 fully saturated rings. The molecule has 0 atom stereocenters. The van der Waals surface area contributed by atoms with Gasteiger partial charge in [-0.05, 0) is 48.9 Å². The van der Waals surface area contributed by atoms with E-state index in [9.17, 15) is 14.4 Å². The fourth-order valence-electron chi connectivity index (χ4n) is 3.21. The third-order valence-corrected chi connectivity index (χ3v) is 5.45. The number of carbonyl (C=O) groups is 3. The molecule has 1 heterocycles. The molecule has 6 nitrogen and oxygen atoms in total. The number of anilines is 1. The number of nitrogens with one attached hydrogen (secondary N) is 1. The zero-order chi connectivity index (χ0) is 22.7. The molecule has 1 saturated heterocycles. The van der Waals surface area contributed by atoms with Gasteiger partial charge in [0, 0.05) is 10.0 Å². The number of urea groups is 1. The molecule has 0 saturated carbocycles. The van der Waals surface area contributed by atoms with Gasteiger partial charge < -0.3 is 4.74 Å². The summed E-state index contributed by atoms with van der Waals surface area (Å²) in [5.41, 5.74) is 2.92. The lowest BCUT2D eigenvalue weighted by Crippen LogP contribution is -2.54. The van der Waals surface area contributed by atoms with E-state index in [0.29, 0.717) is 23.6 Å². The summed E-state index contributed by atoms with van der Waals surface area (Å²) in [5.74, 6) is -0.927. The van der Waals surface area contributed by atoms with E-state index in [1.165, 1.54) is 6.08 Å². The number of hydrogen-bond acceptors (Lipinski definition) is 4. The summed E-state index contributed by atoms with van der Waals surface area (Å²) in [6.07, 6.45) is 1.44. The number of hydrogen-bond donors (Lipinski definition) is 1. The first-order chi connectivity index (χ1) is 15.4. The van der Waals surface area contributed by atoms with E-state index in [-0.39, 0.29) is 5.57 Å². The lowest BCUT2D eigenvalue weighted by atomic mass is 10.1. The number of barbiturate groups is 1. The van der Waals surface area contributed by atoms with Crippen molar-refractivity contribution in [2.24, 2.45) is 0 Å². The van der Waals surface area contributed by atoms with Crippen LogP contribution >= 0.6 is 15.9 Å². The van der Waals surface area contributed by atoms with Crippen molar-refractivity contribution in [1.82, 2.24) is 5.32 Å². The third-order valence-electron chi connectivity index (χ3n) is 4.92. The second-order valence-electron chi connectivity index (χ2n) is 7.25. The molecule has 4 rings (SSSR count). The van der Waals surface area contributed by atoms with E-state index < -0.39 is 17.8 Å². The summed E-state index contributed by atoms with van der Waals surface area (Å²) in [7, 11) is 0. The lowest BCUT2D eigenvalue weighted by Gasteiger charge is -2.26. The Morgan fingerprint density at radius 2 is 1.62 bits per heavy atom. The molecular weight excluding hydrogens is 472 g/mol. The summed E-state index contributed by atoms with van der Waals surface area (Å²) in [4.78, 5) is 38.9. The topological polar surface area (TPSA) is 75.7 Å². The van der Waals surface area contributed by atoms with Crippen LogP contribution in [0.5, 0.6) is 5.75 Å². The average Bonchev–Trinajstić information content (AvgIpc) is 2.78. The number of carbonyl (C=O) groups excluding carboxylic acids is 3. The molecule has 0 bridgehead atoms. The van der Waals surface area contributed by atoms with Gasteiger partial charge in [-0.15, -0.1) is 0 Å². The Balaban J connectivity index is 1.62. The number of imide groups is 2. The smallest absolute Gasteiger partial charge is 0.335 e. The van der Waals surface area contributed by atoms with E-state index in [1.54, 1.807) is 42.5 Å². The second-order valence-corrected chi connectivity index (χ2v) is 8.16. The minimum Gasteiger partial charge on any atom is -0.488 e. The van der Waals surface area contributed by atoms with Crippen molar-refractivity contribution in [3.05, 3.63) is 99.5 Å². The Morgan fingerprint density at radius 3 is 2.34 bits per heavy atom. The van der Waals surface area contributed by atoms with Crippen LogP contribution in [0.15, 0.2) is 82.8 Å². The van der Waals surface area contributed by atoms with Crippen LogP contribution in [-0.4, -0.2) is 17.8 Å². The second kappa shape index (κ2) is 9.20. The Hall–Kier alpha value is -3.71. The highest BCUT2D eigenvalue weighted by molar-refractivity contribution is 9.10. The van der Waals surface area contributed by atoms with Crippen LogP contribution in [-0.2, 0) is 16.2 Å². The normalized spacial score (nSPS) is 15.1. The Labute approximate surface area is 193 Å². The summed E-state index contributed by atoms with van der Waals surface area (Å²) in [6, 6.07) is 21.0. The zero-order valence-corrected chi connectivity index (χ0v) is 18.8. The van der Waals surface area contributed by atoms with E-state index in [0.717, 1.165) is 20.5 Å². The standard InChI is InChI=1S/C25H19BrN2O4/c1-16-6-8-17(9-7-16)15-32-22-5-3-2-4-18(22)14-21-23(29)27-25(31)28(24(21)30)20-12-10-19(26)11-13-20/h2-14H,15H2,1H3,(H,27,29,31)/b21-14+. The minimum atomic E-state index is -0.789. The largest absolute Gasteiger partial charge is 0.488 e. The molecule has 1 N–H and O–H groups in total. The molecule has 160 valence electrons. The van der Waals surface area contributed by atoms with Crippen LogP contribution in [0.3, 0.4) is 0 Å². The first-order valence-corrected chi connectivity index (χ1v) is 10.7. The fraction of sp³-hybridized carbons (Fsp3) is 0.0800. The van der Waals surface area contributed by atoms with Gasteiger partial charge in [-0.2, -0.15) is 0 Å². The molecule has 1 aliphatic heterocycles. The SMILES string of the molecule is Cc1ccc(COc2ccccc2/C=C2\C(=O)NC(=O)N(c3ccc(Br)cc3)C2=O)cc1. The number of nitrogens with zero attached hydrogens (tertiary/aromatic N) is 1. The van der Waals surface area contributed by atoms with Crippen LogP contribution in [0.2, 0.25) is 0 Å². The monoisotopic (exact) mass is 490 g/mol. The van der Waals surface area contributed by atoms with Gasteiger partial charge in [0.1, 0.15) is 17.9 Å². The number of para-hydroxylation sites is 1. The first kappa shape index (κ1) is 21.5. The highest BCUT2D eigenvalue weighted by atomic mass is 79.9. The molecule has 0 spiro atoms. The Bertz CT molecular complexity index is 1220. The van der Waals surface area contributed by atoms with Crippen LogP contribution < -0.4 is 15.0 Å². The van der Waals surface area contributed by atoms with E-state index >= 15 is 0 Å². The maximum Gasteiger partial charge on any atom is 0.335 e. The molecule has 32 heavy (non-hydrogen) atoms. The van der Waals surface area contributed by atoms with Crippen LogP contribution in [0.1, 0.15) is 16.7 Å². The van der Waals surface area contributed by atoms with E-state index in [4.69, 9.17) is 4.74 Å². The van der Waals surface area contributed by atoms with Crippen molar-refractivity contribution < 1.29 is 19.1 Å². The van der Waals surface area contributed by atoms with Crippen molar-refractivity contribution in [2.75, 3.05) is 4.90 Å². The maximum absolute atomic E-state index is 13.1. The van der Waals surface area contributed by atoms with Crippen molar-refractivity contribution in [3.63, 3.8) is 0 Å². The first-order valence-electron chi connectivity index (χ1n) is 9.87. The van der Waals surface area contributed by atoms with Gasteiger partial charge in [-0.1, -0.05) is 64.0 Å². The summed E-state index contributed by atoms with van der Waals surface area (Å²) >= 11 is 3.32. The van der Waals surface area contributed by atoms with E-state index in [2.05, 4.69) is 21.2 Å². The molecule has 3 aromatic rings. The van der Waals surface area contributed by atoms with Gasteiger partial charge in [0.15, 0.2) is 0 Å². The summed E-state index contributed by atoms with van der Waals surface area (Å²) in [6.45, 7) is 2.35. The molecule has 4 amide bonds. The number of aryl methyl sites for hydroxylation is 1. The number of benzene rings is 3. The van der Waals surface area contributed by atoms with Crippen LogP contribution in [0.25, 0.3) is 6.08 Å². The Morgan fingerprint density at radius 1 is 0.938 bits per heavy atom. The van der Waals surface area contributed by atoms with Crippen LogP contribution in [0.4, 0.5) is 10.5 Å². The fourth-order valence-corrected chi connectivity index (χ4v) is 3.48. The summed E-state index contributed by atoms with van der Waals surface area (Å²) in [5, 5.41) is 2.23. The zero-order valence-electron chi connectivity index (χ0n) is 17.2. The van der Waals surface area contributed by atoms with Gasteiger partial charge >= 0.3 is 6.03 Å². The number of ether oxygens (including phenoxy) is 1. The number of rotatable bonds is 5. The molecular formula is C25H19BrN2O4. The highest BCUT2D eigenvalue weighted by Crippen LogP contribution is 2.26. The molecule has 1 aliphatic rings. The minimum absolute atomic E-state index is 0.154. The quantitative estimate of drug-likeness (QED) is 0.403. The number of amides is 4. The van der Waals surface area contributed by atoms with Crippen molar-refractivity contribution >= 4 is 45.5 Å². The van der Waals surface area contributed by atoms with Crippen molar-refractivity contribution in [2.45, 2.75) is 13.5 Å². The van der Waals surface area contributed by atoms with Crippen molar-refractivity contribution in [1.29, 1.82) is 0 Å². The van der Waals surface area contributed by atoms with Gasteiger partial charge in [-0.25, -0.2) is 9.69 Å². The third kappa shape index (κ3) is 4.63. The molecule has 0 unspecified atom stereocenters.